The Kier molecular flexibility index (Phi) is 5.48. The van der Waals surface area contributed by atoms with Crippen molar-refractivity contribution < 1.29 is 36.2 Å². The summed E-state index contributed by atoms with van der Waals surface area (Å²) in [5, 5.41) is 0. The number of alkyl halides is 5. The van der Waals surface area contributed by atoms with Crippen LogP contribution in [0.4, 0.5) is 22.0 Å². The minimum Gasteiger partial charge on any atom is -0.462 e. The van der Waals surface area contributed by atoms with Gasteiger partial charge in [0.15, 0.2) is 0 Å². The SMILES string of the molecule is CCOC(=O)c1cnc(OC(F)(F)F)c(C(F)F)c1I. The van der Waals surface area contributed by atoms with Gasteiger partial charge in [0.05, 0.1) is 17.7 Å². The molecule has 0 spiro atoms. The minimum atomic E-state index is -5.16. The first kappa shape index (κ1) is 16.9. The Balaban J connectivity index is 3.30. The third kappa shape index (κ3) is 4.15. The first-order valence-electron chi connectivity index (χ1n) is 5.06. The summed E-state index contributed by atoms with van der Waals surface area (Å²) < 4.78 is 69.6. The van der Waals surface area contributed by atoms with Gasteiger partial charge in [-0.05, 0) is 29.5 Å². The Bertz CT molecular complexity index is 506. The zero-order valence-electron chi connectivity index (χ0n) is 9.80. The van der Waals surface area contributed by atoms with E-state index < -0.39 is 33.8 Å². The summed E-state index contributed by atoms with van der Waals surface area (Å²) >= 11 is 1.32. The molecule has 0 aliphatic carbocycles. The normalized spacial score (nSPS) is 11.6. The highest BCUT2D eigenvalue weighted by atomic mass is 127. The van der Waals surface area contributed by atoms with Crippen LogP contribution in [0.2, 0.25) is 0 Å². The largest absolute Gasteiger partial charge is 0.574 e. The van der Waals surface area contributed by atoms with Crippen LogP contribution in [0.1, 0.15) is 29.3 Å². The molecule has 112 valence electrons. The maximum atomic E-state index is 12.8. The van der Waals surface area contributed by atoms with Crippen molar-refractivity contribution in [2.45, 2.75) is 19.7 Å². The van der Waals surface area contributed by atoms with E-state index in [4.69, 9.17) is 0 Å². The molecular formula is C10H7F5INO3. The van der Waals surface area contributed by atoms with Crippen LogP contribution in [0.3, 0.4) is 0 Å². The number of nitrogens with zero attached hydrogens (tertiary/aromatic N) is 1. The van der Waals surface area contributed by atoms with E-state index in [-0.39, 0.29) is 12.2 Å². The highest BCUT2D eigenvalue weighted by molar-refractivity contribution is 14.1. The monoisotopic (exact) mass is 411 g/mol. The van der Waals surface area contributed by atoms with Crippen molar-refractivity contribution in [1.82, 2.24) is 4.98 Å². The van der Waals surface area contributed by atoms with Crippen molar-refractivity contribution in [3.8, 4) is 5.88 Å². The van der Waals surface area contributed by atoms with E-state index in [0.717, 1.165) is 0 Å². The molecule has 1 rings (SSSR count). The molecular weight excluding hydrogens is 404 g/mol. The molecule has 1 heterocycles. The zero-order valence-corrected chi connectivity index (χ0v) is 12.0. The zero-order chi connectivity index (χ0) is 15.5. The van der Waals surface area contributed by atoms with Crippen LogP contribution in [0.25, 0.3) is 0 Å². The number of ether oxygens (including phenoxy) is 2. The first-order valence-corrected chi connectivity index (χ1v) is 6.14. The molecule has 0 aromatic carbocycles. The Hall–Kier alpha value is -1.20. The maximum absolute atomic E-state index is 12.8. The van der Waals surface area contributed by atoms with Gasteiger partial charge in [0.1, 0.15) is 0 Å². The molecule has 0 radical (unpaired) electrons. The van der Waals surface area contributed by atoms with Crippen LogP contribution >= 0.6 is 22.6 Å². The van der Waals surface area contributed by atoms with E-state index in [1.54, 1.807) is 0 Å². The van der Waals surface area contributed by atoms with Gasteiger partial charge in [0.25, 0.3) is 6.43 Å². The molecule has 0 aliphatic rings. The smallest absolute Gasteiger partial charge is 0.462 e. The van der Waals surface area contributed by atoms with Crippen LogP contribution in [0, 0.1) is 3.57 Å². The lowest BCUT2D eigenvalue weighted by Gasteiger charge is -2.14. The summed E-state index contributed by atoms with van der Waals surface area (Å²) in [5.74, 6) is -2.24. The van der Waals surface area contributed by atoms with Gasteiger partial charge in [-0.2, -0.15) is 0 Å². The first-order chi connectivity index (χ1) is 9.17. The standard InChI is InChI=1S/C10H7F5INO3/c1-2-19-9(18)4-3-17-8(20-10(13,14)15)5(6(4)16)7(11)12/h3,7H,2H2,1H3. The van der Waals surface area contributed by atoms with Gasteiger partial charge in [0.2, 0.25) is 5.88 Å². The van der Waals surface area contributed by atoms with E-state index in [1.165, 1.54) is 29.5 Å². The second-order valence-electron chi connectivity index (χ2n) is 3.27. The van der Waals surface area contributed by atoms with Crippen molar-refractivity contribution in [2.24, 2.45) is 0 Å². The molecule has 0 aliphatic heterocycles. The van der Waals surface area contributed by atoms with E-state index >= 15 is 0 Å². The van der Waals surface area contributed by atoms with E-state index in [0.29, 0.717) is 6.20 Å². The van der Waals surface area contributed by atoms with Crippen LogP contribution in [0.15, 0.2) is 6.20 Å². The number of halogens is 6. The number of hydrogen-bond acceptors (Lipinski definition) is 4. The summed E-state index contributed by atoms with van der Waals surface area (Å²) in [6, 6.07) is 0. The molecule has 0 bridgehead atoms. The number of hydrogen-bond donors (Lipinski definition) is 0. The third-order valence-corrected chi connectivity index (χ3v) is 3.10. The lowest BCUT2D eigenvalue weighted by molar-refractivity contribution is -0.276. The third-order valence-electron chi connectivity index (χ3n) is 1.94. The number of rotatable bonds is 4. The summed E-state index contributed by atoms with van der Waals surface area (Å²) in [7, 11) is 0. The summed E-state index contributed by atoms with van der Waals surface area (Å²) in [5.41, 5.74) is -1.45. The highest BCUT2D eigenvalue weighted by Crippen LogP contribution is 2.36. The average Bonchev–Trinajstić information content (AvgIpc) is 2.26. The van der Waals surface area contributed by atoms with Gasteiger partial charge in [0, 0.05) is 9.77 Å². The van der Waals surface area contributed by atoms with Gasteiger partial charge in [-0.3, -0.25) is 0 Å². The van der Waals surface area contributed by atoms with Gasteiger partial charge >= 0.3 is 12.3 Å². The molecule has 4 nitrogen and oxygen atoms in total. The van der Waals surface area contributed by atoms with Crippen LogP contribution in [-0.2, 0) is 4.74 Å². The highest BCUT2D eigenvalue weighted by Gasteiger charge is 2.36. The lowest BCUT2D eigenvalue weighted by Crippen LogP contribution is -2.20. The predicted octanol–water partition coefficient (Wildman–Crippen LogP) is 3.70. The fourth-order valence-electron chi connectivity index (χ4n) is 1.22. The van der Waals surface area contributed by atoms with Gasteiger partial charge < -0.3 is 9.47 Å². The molecule has 0 saturated heterocycles. The summed E-state index contributed by atoms with van der Waals surface area (Å²) in [6.07, 6.45) is -7.75. The molecule has 0 saturated carbocycles. The Morgan fingerprint density at radius 2 is 2.05 bits per heavy atom. The average molecular weight is 411 g/mol. The minimum absolute atomic E-state index is 0.0142. The summed E-state index contributed by atoms with van der Waals surface area (Å²) in [6.45, 7) is 1.48. The van der Waals surface area contributed by atoms with E-state index in [1.807, 2.05) is 0 Å². The molecule has 0 N–H and O–H groups in total. The number of pyridine rings is 1. The number of carbonyl (C=O) groups excluding carboxylic acids is 1. The quantitative estimate of drug-likeness (QED) is 0.431. The molecule has 20 heavy (non-hydrogen) atoms. The molecule has 0 amide bonds. The van der Waals surface area contributed by atoms with Crippen molar-refractivity contribution in [3.05, 3.63) is 20.9 Å². The molecule has 1 aromatic heterocycles. The van der Waals surface area contributed by atoms with Crippen LogP contribution in [-0.4, -0.2) is 23.9 Å². The number of esters is 1. The second-order valence-corrected chi connectivity index (χ2v) is 4.35. The van der Waals surface area contributed by atoms with Crippen molar-refractivity contribution in [2.75, 3.05) is 6.61 Å². The Morgan fingerprint density at radius 3 is 2.50 bits per heavy atom. The van der Waals surface area contributed by atoms with Crippen LogP contribution < -0.4 is 4.74 Å². The molecule has 10 heteroatoms. The number of aromatic nitrogens is 1. The molecule has 0 atom stereocenters. The van der Waals surface area contributed by atoms with E-state index in [2.05, 4.69) is 14.5 Å². The Labute approximate surface area is 123 Å². The van der Waals surface area contributed by atoms with Gasteiger partial charge in [-0.25, -0.2) is 18.6 Å². The Morgan fingerprint density at radius 1 is 1.45 bits per heavy atom. The maximum Gasteiger partial charge on any atom is 0.574 e. The predicted molar refractivity (Wildman–Crippen MR) is 64.6 cm³/mol. The van der Waals surface area contributed by atoms with Gasteiger partial charge in [-0.1, -0.05) is 0 Å². The molecule has 0 fully saturated rings. The van der Waals surface area contributed by atoms with Crippen molar-refractivity contribution >= 4 is 28.6 Å². The summed E-state index contributed by atoms with van der Waals surface area (Å²) in [4.78, 5) is 14.6. The van der Waals surface area contributed by atoms with Gasteiger partial charge in [-0.15, -0.1) is 13.2 Å². The fourth-order valence-corrected chi connectivity index (χ4v) is 2.05. The fraction of sp³-hybridized carbons (Fsp3) is 0.400. The topological polar surface area (TPSA) is 48.4 Å². The van der Waals surface area contributed by atoms with Crippen molar-refractivity contribution in [1.29, 1.82) is 0 Å². The van der Waals surface area contributed by atoms with Crippen LogP contribution in [0.5, 0.6) is 5.88 Å². The molecule has 0 unspecified atom stereocenters. The van der Waals surface area contributed by atoms with Crippen molar-refractivity contribution in [3.63, 3.8) is 0 Å². The van der Waals surface area contributed by atoms with E-state index in [9.17, 15) is 26.7 Å². The molecule has 1 aromatic rings. The number of carbonyl (C=O) groups is 1. The lowest BCUT2D eigenvalue weighted by atomic mass is 10.2. The second kappa shape index (κ2) is 6.50.